The van der Waals surface area contributed by atoms with Gasteiger partial charge in [0.1, 0.15) is 0 Å². The first-order valence-corrected chi connectivity index (χ1v) is 5.36. The number of hydrogen-bond donors (Lipinski definition) is 0. The van der Waals surface area contributed by atoms with Crippen LogP contribution in [0.15, 0.2) is 41.9 Å². The van der Waals surface area contributed by atoms with Crippen LogP contribution in [0.4, 0.5) is 0 Å². The Morgan fingerprint density at radius 3 is 2.38 bits per heavy atom. The molecule has 0 amide bonds. The molecule has 0 aromatic carbocycles. The summed E-state index contributed by atoms with van der Waals surface area (Å²) < 4.78 is 0. The largest absolute Gasteiger partial charge is 0.250 e. The van der Waals surface area contributed by atoms with Gasteiger partial charge in [-0.1, -0.05) is 51.8 Å². The fourth-order valence-corrected chi connectivity index (χ4v) is 0.988. The molecule has 2 heteroatoms. The fraction of sp³-hybridized carbons (Fsp3) is 0.364. The summed E-state index contributed by atoms with van der Waals surface area (Å²) in [6.07, 6.45) is 6.58. The molecule has 0 aliphatic carbocycles. The van der Waals surface area contributed by atoms with Gasteiger partial charge in [0.15, 0.2) is 0 Å². The van der Waals surface area contributed by atoms with Crippen molar-refractivity contribution in [2.75, 3.05) is 0 Å². The maximum absolute atomic E-state index is 4.04. The number of rotatable bonds is 4. The van der Waals surface area contributed by atoms with Crippen LogP contribution in [0.3, 0.4) is 0 Å². The molecule has 74 valence electrons. The second kappa shape index (κ2) is 13.8. The van der Waals surface area contributed by atoms with Crippen LogP contribution in [0.25, 0.3) is 0 Å². The van der Waals surface area contributed by atoms with Gasteiger partial charge in [-0.05, 0) is 17.9 Å². The van der Waals surface area contributed by atoms with E-state index in [4.69, 9.17) is 0 Å². The molecule has 0 aliphatic rings. The lowest BCUT2D eigenvalue weighted by Gasteiger charge is -1.91. The highest BCUT2D eigenvalue weighted by Gasteiger charge is 1.87. The topological polar surface area (TPSA) is 12.4 Å². The Morgan fingerprint density at radius 1 is 1.38 bits per heavy atom. The second-order valence-corrected chi connectivity index (χ2v) is 2.73. The minimum atomic E-state index is 0.928. The van der Waals surface area contributed by atoms with E-state index in [-0.39, 0.29) is 0 Å². The summed E-state index contributed by atoms with van der Waals surface area (Å²) >= 11 is 1.50. The lowest BCUT2D eigenvalue weighted by atomic mass is 10.4. The third-order valence-electron chi connectivity index (χ3n) is 0.919. The van der Waals surface area contributed by atoms with Crippen molar-refractivity contribution < 1.29 is 0 Å². The molecular formula is C11H19NS. The highest BCUT2D eigenvalue weighted by atomic mass is 32.2. The van der Waals surface area contributed by atoms with Gasteiger partial charge in [-0.2, -0.15) is 0 Å². The van der Waals surface area contributed by atoms with Gasteiger partial charge in [0.2, 0.25) is 0 Å². The summed E-state index contributed by atoms with van der Waals surface area (Å²) in [5.41, 5.74) is 0. The molecular weight excluding hydrogens is 178 g/mol. The van der Waals surface area contributed by atoms with Gasteiger partial charge >= 0.3 is 0 Å². The van der Waals surface area contributed by atoms with Gasteiger partial charge < -0.3 is 0 Å². The summed E-state index contributed by atoms with van der Waals surface area (Å²) in [5, 5.41) is 2.68. The Kier molecular flexibility index (Phi) is 15.7. The second-order valence-electron chi connectivity index (χ2n) is 1.75. The minimum absolute atomic E-state index is 0.928. The minimum Gasteiger partial charge on any atom is -0.250 e. The third kappa shape index (κ3) is 11.2. The Balaban J connectivity index is 0. The monoisotopic (exact) mass is 197 g/mol. The molecule has 0 aromatic rings. The third-order valence-corrected chi connectivity index (χ3v) is 1.57. The molecule has 0 saturated carbocycles. The molecule has 0 aliphatic heterocycles. The van der Waals surface area contributed by atoms with Gasteiger partial charge in [0.25, 0.3) is 0 Å². The summed E-state index contributed by atoms with van der Waals surface area (Å²) in [6, 6.07) is 0. The van der Waals surface area contributed by atoms with Crippen molar-refractivity contribution >= 4 is 16.8 Å². The molecule has 0 fully saturated rings. The molecule has 0 rings (SSSR count). The summed E-state index contributed by atoms with van der Waals surface area (Å²) in [7, 11) is 0. The van der Waals surface area contributed by atoms with E-state index in [1.807, 2.05) is 19.9 Å². The van der Waals surface area contributed by atoms with E-state index in [1.54, 1.807) is 5.41 Å². The molecule has 1 nitrogen and oxygen atoms in total. The van der Waals surface area contributed by atoms with E-state index in [2.05, 4.69) is 31.2 Å². The van der Waals surface area contributed by atoms with E-state index >= 15 is 0 Å². The predicted molar refractivity (Wildman–Crippen MR) is 66.2 cm³/mol. The lowest BCUT2D eigenvalue weighted by Crippen LogP contribution is -1.81. The highest BCUT2D eigenvalue weighted by Crippen LogP contribution is 2.06. The van der Waals surface area contributed by atoms with E-state index < -0.39 is 0 Å². The Labute approximate surface area is 86.3 Å². The number of allylic oxidation sites excluding steroid dienone is 1. The van der Waals surface area contributed by atoms with Crippen LogP contribution in [0, 0.1) is 0 Å². The first-order chi connectivity index (χ1) is 6.35. The number of aliphatic imine (C=N–C) groups is 1. The average molecular weight is 197 g/mol. The first-order valence-electron chi connectivity index (χ1n) is 4.48. The fourth-order valence-electron chi connectivity index (χ4n) is 0.507. The quantitative estimate of drug-likeness (QED) is 0.480. The highest BCUT2D eigenvalue weighted by molar-refractivity contribution is 8.16. The summed E-state index contributed by atoms with van der Waals surface area (Å²) in [5.74, 6) is 0. The SMILES string of the molecule is C=CN=C(/C=C\CC)SC=C.CC. The van der Waals surface area contributed by atoms with Crippen LogP contribution in [0.5, 0.6) is 0 Å². The predicted octanol–water partition coefficient (Wildman–Crippen LogP) is 4.40. The van der Waals surface area contributed by atoms with Crippen molar-refractivity contribution in [1.29, 1.82) is 0 Å². The lowest BCUT2D eigenvalue weighted by molar-refractivity contribution is 1.23. The van der Waals surface area contributed by atoms with Crippen LogP contribution >= 0.6 is 11.8 Å². The van der Waals surface area contributed by atoms with Crippen molar-refractivity contribution in [3.63, 3.8) is 0 Å². The zero-order valence-corrected chi connectivity index (χ0v) is 9.60. The molecule has 13 heavy (non-hydrogen) atoms. The van der Waals surface area contributed by atoms with Gasteiger partial charge in [-0.15, -0.1) is 0 Å². The van der Waals surface area contributed by atoms with Crippen molar-refractivity contribution in [2.24, 2.45) is 4.99 Å². The maximum Gasteiger partial charge on any atom is 0.0998 e. The van der Waals surface area contributed by atoms with E-state index in [0.717, 1.165) is 11.5 Å². The number of hydrogen-bond acceptors (Lipinski definition) is 2. The molecule has 0 saturated heterocycles. The Morgan fingerprint density at radius 2 is 2.00 bits per heavy atom. The van der Waals surface area contributed by atoms with Gasteiger partial charge in [-0.25, -0.2) is 0 Å². The molecule has 0 aromatic heterocycles. The maximum atomic E-state index is 4.04. The summed E-state index contributed by atoms with van der Waals surface area (Å²) in [6.45, 7) is 13.2. The molecule has 0 unspecified atom stereocenters. The number of nitrogens with zero attached hydrogens (tertiary/aromatic N) is 1. The Hall–Kier alpha value is -0.760. The zero-order chi connectivity index (χ0) is 10.5. The molecule has 0 N–H and O–H groups in total. The van der Waals surface area contributed by atoms with Crippen LogP contribution in [-0.2, 0) is 0 Å². The molecule has 0 radical (unpaired) electrons. The van der Waals surface area contributed by atoms with E-state index in [9.17, 15) is 0 Å². The first kappa shape index (κ1) is 14.7. The van der Waals surface area contributed by atoms with Gasteiger partial charge in [0, 0.05) is 6.20 Å². The molecule has 0 bridgehead atoms. The normalized spacial score (nSPS) is 10.5. The van der Waals surface area contributed by atoms with Gasteiger partial charge in [0.05, 0.1) is 5.04 Å². The van der Waals surface area contributed by atoms with Crippen molar-refractivity contribution in [2.45, 2.75) is 27.2 Å². The van der Waals surface area contributed by atoms with Crippen LogP contribution in [0.1, 0.15) is 27.2 Å². The van der Waals surface area contributed by atoms with E-state index in [0.29, 0.717) is 0 Å². The smallest absolute Gasteiger partial charge is 0.0998 e. The molecule has 0 atom stereocenters. The average Bonchev–Trinajstić information content (AvgIpc) is 2.18. The van der Waals surface area contributed by atoms with E-state index in [1.165, 1.54) is 18.0 Å². The van der Waals surface area contributed by atoms with Crippen LogP contribution in [-0.4, -0.2) is 5.04 Å². The van der Waals surface area contributed by atoms with Crippen LogP contribution < -0.4 is 0 Å². The zero-order valence-electron chi connectivity index (χ0n) is 8.79. The molecule has 0 spiro atoms. The van der Waals surface area contributed by atoms with Gasteiger partial charge in [-0.3, -0.25) is 4.99 Å². The van der Waals surface area contributed by atoms with Crippen LogP contribution in [0.2, 0.25) is 0 Å². The molecule has 0 heterocycles. The number of thioether (sulfide) groups is 1. The van der Waals surface area contributed by atoms with Crippen molar-refractivity contribution in [3.05, 3.63) is 36.9 Å². The van der Waals surface area contributed by atoms with Crippen molar-refractivity contribution in [1.82, 2.24) is 0 Å². The van der Waals surface area contributed by atoms with Crippen molar-refractivity contribution in [3.8, 4) is 0 Å². The Bertz CT molecular complexity index is 181. The summed E-state index contributed by atoms with van der Waals surface area (Å²) in [4.78, 5) is 4.04. The standard InChI is InChI=1S/C9H13NS.C2H6/c1-4-7-8-9(10-5-2)11-6-3;1-2/h5-8H,2-4H2,1H3;1-2H3/b8-7-,10-9?;.